The molecule has 188 valence electrons. The first kappa shape index (κ1) is 25.2. The van der Waals surface area contributed by atoms with Gasteiger partial charge in [0.15, 0.2) is 0 Å². The number of allylic oxidation sites excluding steroid dienone is 3. The van der Waals surface area contributed by atoms with Crippen LogP contribution < -0.4 is 10.9 Å². The number of piperidine rings is 1. The zero-order chi connectivity index (χ0) is 25.0. The highest BCUT2D eigenvalue weighted by atomic mass is 16.6. The van der Waals surface area contributed by atoms with Crippen LogP contribution in [0.5, 0.6) is 0 Å². The van der Waals surface area contributed by atoms with E-state index >= 15 is 0 Å². The Bertz CT molecular complexity index is 1160. The van der Waals surface area contributed by atoms with Crippen LogP contribution in [0, 0.1) is 11.8 Å². The first-order valence-corrected chi connectivity index (χ1v) is 12.8. The number of rotatable bonds is 6. The van der Waals surface area contributed by atoms with Gasteiger partial charge in [0.25, 0.3) is 5.56 Å². The molecule has 1 saturated heterocycles. The van der Waals surface area contributed by atoms with Gasteiger partial charge in [-0.05, 0) is 75.8 Å². The molecule has 0 spiro atoms. The molecule has 0 saturated carbocycles. The predicted octanol–water partition coefficient (Wildman–Crippen LogP) is 5.17. The van der Waals surface area contributed by atoms with Crippen molar-refractivity contribution in [2.75, 3.05) is 19.6 Å². The number of amides is 1. The SMILES string of the molecule is Cn1c(=O)c(CNCC(C2=CC=CCC2)C2CCN(C(=O)OC(C)(C)C)CC2)cc2ccccc21. The van der Waals surface area contributed by atoms with Crippen molar-refractivity contribution < 1.29 is 9.53 Å². The third-order valence-corrected chi connectivity index (χ3v) is 7.17. The quantitative estimate of drug-likeness (QED) is 0.624. The minimum absolute atomic E-state index is 0.0539. The number of carbonyl (C=O) groups excluding carboxylic acids is 1. The molecule has 1 aromatic heterocycles. The molecular weight excluding hydrogens is 438 g/mol. The van der Waals surface area contributed by atoms with Crippen molar-refractivity contribution in [3.63, 3.8) is 0 Å². The van der Waals surface area contributed by atoms with Gasteiger partial charge in [-0.1, -0.05) is 42.0 Å². The molecule has 2 aromatic rings. The number of pyridine rings is 1. The van der Waals surface area contributed by atoms with Gasteiger partial charge in [0.05, 0.1) is 5.52 Å². The maximum atomic E-state index is 12.9. The van der Waals surface area contributed by atoms with Crippen LogP contribution in [0.2, 0.25) is 0 Å². The Morgan fingerprint density at radius 3 is 2.63 bits per heavy atom. The Hall–Kier alpha value is -2.86. The molecule has 0 radical (unpaired) electrons. The lowest BCUT2D eigenvalue weighted by Gasteiger charge is -2.38. The Balaban J connectivity index is 1.42. The number of nitrogens with one attached hydrogen (secondary N) is 1. The lowest BCUT2D eigenvalue weighted by atomic mass is 9.77. The van der Waals surface area contributed by atoms with Gasteiger partial charge in [-0.3, -0.25) is 4.79 Å². The number of likely N-dealkylation sites (tertiary alicyclic amines) is 1. The Morgan fingerprint density at radius 1 is 1.20 bits per heavy atom. The fraction of sp³-hybridized carbons (Fsp3) is 0.517. The van der Waals surface area contributed by atoms with Gasteiger partial charge < -0.3 is 19.5 Å². The summed E-state index contributed by atoms with van der Waals surface area (Å²) in [5, 5.41) is 4.69. The highest BCUT2D eigenvalue weighted by Crippen LogP contribution is 2.33. The Kier molecular flexibility index (Phi) is 7.80. The maximum absolute atomic E-state index is 12.9. The summed E-state index contributed by atoms with van der Waals surface area (Å²) in [4.78, 5) is 27.3. The van der Waals surface area contributed by atoms with E-state index in [2.05, 4.69) is 29.6 Å². The van der Waals surface area contributed by atoms with Crippen molar-refractivity contribution in [3.05, 3.63) is 70.1 Å². The molecule has 1 aromatic carbocycles. The summed E-state index contributed by atoms with van der Waals surface area (Å²) in [6.07, 6.45) is 10.5. The molecule has 6 heteroatoms. The summed E-state index contributed by atoms with van der Waals surface area (Å²) in [5.74, 6) is 0.892. The van der Waals surface area contributed by atoms with E-state index in [-0.39, 0.29) is 11.7 Å². The van der Waals surface area contributed by atoms with Gasteiger partial charge in [0.2, 0.25) is 0 Å². The van der Waals surface area contributed by atoms with Crippen LogP contribution in [0.15, 0.2) is 58.9 Å². The number of fused-ring (bicyclic) bond motifs is 1. The molecule has 1 N–H and O–H groups in total. The van der Waals surface area contributed by atoms with Crippen molar-refractivity contribution in [2.24, 2.45) is 18.9 Å². The molecule has 1 atom stereocenters. The number of hydrogen-bond donors (Lipinski definition) is 1. The molecule has 1 aliphatic carbocycles. The van der Waals surface area contributed by atoms with Gasteiger partial charge in [-0.15, -0.1) is 0 Å². The van der Waals surface area contributed by atoms with Crippen molar-refractivity contribution in [1.29, 1.82) is 0 Å². The van der Waals surface area contributed by atoms with Crippen LogP contribution in [-0.2, 0) is 18.3 Å². The van der Waals surface area contributed by atoms with Crippen LogP contribution in [0.3, 0.4) is 0 Å². The molecule has 1 fully saturated rings. The molecule has 4 rings (SSSR count). The number of aryl methyl sites for hydroxylation is 1. The molecule has 1 aliphatic heterocycles. The lowest BCUT2D eigenvalue weighted by Crippen LogP contribution is -2.44. The predicted molar refractivity (Wildman–Crippen MR) is 141 cm³/mol. The zero-order valence-corrected chi connectivity index (χ0v) is 21.5. The van der Waals surface area contributed by atoms with E-state index in [4.69, 9.17) is 4.74 Å². The topological polar surface area (TPSA) is 63.6 Å². The summed E-state index contributed by atoms with van der Waals surface area (Å²) in [6.45, 7) is 8.55. The van der Waals surface area contributed by atoms with Gasteiger partial charge in [0, 0.05) is 38.8 Å². The third-order valence-electron chi connectivity index (χ3n) is 7.17. The van der Waals surface area contributed by atoms with E-state index in [1.54, 1.807) is 4.57 Å². The minimum Gasteiger partial charge on any atom is -0.444 e. The first-order valence-electron chi connectivity index (χ1n) is 12.8. The van der Waals surface area contributed by atoms with Crippen LogP contribution >= 0.6 is 0 Å². The number of benzene rings is 1. The summed E-state index contributed by atoms with van der Waals surface area (Å²) in [5.41, 5.74) is 2.80. The van der Waals surface area contributed by atoms with Crippen molar-refractivity contribution in [2.45, 2.75) is 58.6 Å². The second-order valence-corrected chi connectivity index (χ2v) is 10.8. The fourth-order valence-corrected chi connectivity index (χ4v) is 5.32. The molecule has 2 heterocycles. The number of para-hydroxylation sites is 1. The average Bonchev–Trinajstić information content (AvgIpc) is 2.84. The fourth-order valence-electron chi connectivity index (χ4n) is 5.32. The van der Waals surface area contributed by atoms with Gasteiger partial charge in [-0.25, -0.2) is 4.79 Å². The molecule has 1 unspecified atom stereocenters. The van der Waals surface area contributed by atoms with Crippen molar-refractivity contribution in [1.82, 2.24) is 14.8 Å². The number of carbonyl (C=O) groups is 1. The lowest BCUT2D eigenvalue weighted by molar-refractivity contribution is 0.0166. The van der Waals surface area contributed by atoms with Gasteiger partial charge in [-0.2, -0.15) is 0 Å². The standard InChI is InChI=1S/C29H39N3O3/c1-29(2,3)35-28(34)32-16-14-22(15-17-32)25(21-10-6-5-7-11-21)20-30-19-24-18-23-12-8-9-13-26(23)31(4)27(24)33/h5-6,8-10,12-13,18,22,25,30H,7,11,14-17,19-20H2,1-4H3. The number of nitrogens with zero attached hydrogens (tertiary/aromatic N) is 2. The second-order valence-electron chi connectivity index (χ2n) is 10.8. The largest absolute Gasteiger partial charge is 0.444 e. The molecule has 35 heavy (non-hydrogen) atoms. The third kappa shape index (κ3) is 6.23. The number of ether oxygens (including phenoxy) is 1. The highest BCUT2D eigenvalue weighted by molar-refractivity contribution is 5.79. The minimum atomic E-state index is -0.473. The van der Waals surface area contributed by atoms with E-state index < -0.39 is 5.60 Å². The normalized spacial score (nSPS) is 17.9. The summed E-state index contributed by atoms with van der Waals surface area (Å²) in [6, 6.07) is 10.0. The van der Waals surface area contributed by atoms with E-state index in [0.717, 1.165) is 61.8 Å². The van der Waals surface area contributed by atoms with Gasteiger partial charge >= 0.3 is 6.09 Å². The van der Waals surface area contributed by atoms with Crippen molar-refractivity contribution >= 4 is 17.0 Å². The van der Waals surface area contributed by atoms with E-state index in [0.29, 0.717) is 18.4 Å². The monoisotopic (exact) mass is 477 g/mol. The van der Waals surface area contributed by atoms with Crippen LogP contribution in [0.1, 0.15) is 52.0 Å². The number of hydrogen-bond acceptors (Lipinski definition) is 4. The van der Waals surface area contributed by atoms with Crippen LogP contribution in [0.25, 0.3) is 10.9 Å². The molecule has 1 amide bonds. The van der Waals surface area contributed by atoms with Gasteiger partial charge in [0.1, 0.15) is 5.60 Å². The molecular formula is C29H39N3O3. The average molecular weight is 478 g/mol. The highest BCUT2D eigenvalue weighted by Gasteiger charge is 2.32. The van der Waals surface area contributed by atoms with E-state index in [9.17, 15) is 9.59 Å². The first-order chi connectivity index (χ1) is 16.7. The maximum Gasteiger partial charge on any atom is 0.410 e. The smallest absolute Gasteiger partial charge is 0.410 e. The summed E-state index contributed by atoms with van der Waals surface area (Å²) in [7, 11) is 1.84. The van der Waals surface area contributed by atoms with Crippen molar-refractivity contribution in [3.8, 4) is 0 Å². The second kappa shape index (κ2) is 10.8. The van der Waals surface area contributed by atoms with E-state index in [1.165, 1.54) is 5.57 Å². The van der Waals surface area contributed by atoms with Crippen LogP contribution in [0.4, 0.5) is 4.79 Å². The zero-order valence-electron chi connectivity index (χ0n) is 21.5. The molecule has 0 bridgehead atoms. The molecule has 6 nitrogen and oxygen atoms in total. The van der Waals surface area contributed by atoms with E-state index in [1.807, 2.05) is 57.0 Å². The Morgan fingerprint density at radius 2 is 1.94 bits per heavy atom. The Labute approximate surface area is 208 Å². The summed E-state index contributed by atoms with van der Waals surface area (Å²) >= 11 is 0. The summed E-state index contributed by atoms with van der Waals surface area (Å²) < 4.78 is 7.32. The number of aromatic nitrogens is 1. The molecule has 2 aliphatic rings. The van der Waals surface area contributed by atoms with Crippen LogP contribution in [-0.4, -0.2) is 40.8 Å².